The van der Waals surface area contributed by atoms with Gasteiger partial charge in [0.25, 0.3) is 5.91 Å². The Balaban J connectivity index is 1.25. The molecule has 32 heavy (non-hydrogen) atoms. The Morgan fingerprint density at radius 2 is 1.91 bits per heavy atom. The highest BCUT2D eigenvalue weighted by Crippen LogP contribution is 2.34. The first-order valence-electron chi connectivity index (χ1n) is 11.5. The highest BCUT2D eigenvalue weighted by molar-refractivity contribution is 5.99. The molecule has 1 amide bonds. The van der Waals surface area contributed by atoms with Crippen molar-refractivity contribution in [2.45, 2.75) is 38.6 Å². The van der Waals surface area contributed by atoms with E-state index in [9.17, 15) is 9.18 Å². The first-order valence-corrected chi connectivity index (χ1v) is 11.5. The molecule has 3 aliphatic rings. The summed E-state index contributed by atoms with van der Waals surface area (Å²) in [7, 11) is 0. The van der Waals surface area contributed by atoms with E-state index in [0.717, 1.165) is 69.9 Å². The molecule has 0 bridgehead atoms. The SMILES string of the molecule is O=C1c2cc(F)cc(OCc3ccc(CN4CCOCC4)cc3)c2CN1C1CCCNC1. The molecule has 2 aromatic rings. The first-order chi connectivity index (χ1) is 15.7. The van der Waals surface area contributed by atoms with E-state index in [1.165, 1.54) is 17.7 Å². The lowest BCUT2D eigenvalue weighted by molar-refractivity contribution is 0.0342. The topological polar surface area (TPSA) is 54.0 Å². The van der Waals surface area contributed by atoms with Gasteiger partial charge in [-0.25, -0.2) is 4.39 Å². The number of halogens is 1. The van der Waals surface area contributed by atoms with E-state index < -0.39 is 5.82 Å². The maximum absolute atomic E-state index is 14.3. The van der Waals surface area contributed by atoms with Crippen LogP contribution in [0.4, 0.5) is 4.39 Å². The molecule has 1 unspecified atom stereocenters. The lowest BCUT2D eigenvalue weighted by atomic mass is 10.1. The summed E-state index contributed by atoms with van der Waals surface area (Å²) >= 11 is 0. The highest BCUT2D eigenvalue weighted by atomic mass is 19.1. The number of piperidine rings is 1. The molecule has 2 saturated heterocycles. The third-order valence-corrected chi connectivity index (χ3v) is 6.63. The van der Waals surface area contributed by atoms with E-state index in [2.05, 4.69) is 34.5 Å². The predicted molar refractivity (Wildman–Crippen MR) is 119 cm³/mol. The Labute approximate surface area is 188 Å². The van der Waals surface area contributed by atoms with Crippen LogP contribution in [-0.2, 0) is 24.4 Å². The summed E-state index contributed by atoms with van der Waals surface area (Å²) < 4.78 is 25.7. The largest absolute Gasteiger partial charge is 0.488 e. The van der Waals surface area contributed by atoms with Crippen molar-refractivity contribution in [3.05, 3.63) is 64.5 Å². The van der Waals surface area contributed by atoms with Crippen LogP contribution >= 0.6 is 0 Å². The van der Waals surface area contributed by atoms with Gasteiger partial charge in [0.1, 0.15) is 18.2 Å². The van der Waals surface area contributed by atoms with Gasteiger partial charge in [-0.1, -0.05) is 24.3 Å². The maximum atomic E-state index is 14.3. The number of benzene rings is 2. The summed E-state index contributed by atoms with van der Waals surface area (Å²) in [5.41, 5.74) is 3.51. The van der Waals surface area contributed by atoms with Gasteiger partial charge in [0.15, 0.2) is 0 Å². The lowest BCUT2D eigenvalue weighted by Crippen LogP contribution is -2.46. The van der Waals surface area contributed by atoms with Gasteiger partial charge in [0.2, 0.25) is 0 Å². The molecule has 170 valence electrons. The van der Waals surface area contributed by atoms with Gasteiger partial charge >= 0.3 is 0 Å². The zero-order chi connectivity index (χ0) is 21.9. The molecule has 0 radical (unpaired) electrons. The normalized spacial score (nSPS) is 21.6. The summed E-state index contributed by atoms with van der Waals surface area (Å²) in [6.45, 7) is 7.01. The fourth-order valence-corrected chi connectivity index (χ4v) is 4.81. The smallest absolute Gasteiger partial charge is 0.255 e. The number of nitrogens with one attached hydrogen (secondary N) is 1. The highest BCUT2D eigenvalue weighted by Gasteiger charge is 2.35. The summed E-state index contributed by atoms with van der Waals surface area (Å²) in [6, 6.07) is 11.2. The molecule has 2 fully saturated rings. The summed E-state index contributed by atoms with van der Waals surface area (Å²) in [5, 5.41) is 3.35. The van der Waals surface area contributed by atoms with Crippen LogP contribution in [0.5, 0.6) is 5.75 Å². The molecule has 2 aromatic carbocycles. The van der Waals surface area contributed by atoms with Crippen LogP contribution in [0.2, 0.25) is 0 Å². The van der Waals surface area contributed by atoms with Gasteiger partial charge in [-0.15, -0.1) is 0 Å². The van der Waals surface area contributed by atoms with Crippen molar-refractivity contribution >= 4 is 5.91 Å². The van der Waals surface area contributed by atoms with Gasteiger partial charge in [0.05, 0.1) is 25.3 Å². The van der Waals surface area contributed by atoms with Crippen LogP contribution in [0, 0.1) is 5.82 Å². The standard InChI is InChI=1S/C25H30FN3O3/c26-20-12-22-23(16-29(25(22)30)21-2-1-7-27-14-21)24(13-20)32-17-19-5-3-18(4-6-19)15-28-8-10-31-11-9-28/h3-6,12-13,21,27H,1-2,7-11,14-17H2. The average molecular weight is 440 g/mol. The Kier molecular flexibility index (Phi) is 6.39. The molecule has 3 heterocycles. The number of fused-ring (bicyclic) bond motifs is 1. The lowest BCUT2D eigenvalue weighted by Gasteiger charge is -2.31. The fourth-order valence-electron chi connectivity index (χ4n) is 4.81. The van der Waals surface area contributed by atoms with Crippen molar-refractivity contribution in [1.82, 2.24) is 15.1 Å². The summed E-state index contributed by atoms with van der Waals surface area (Å²) in [4.78, 5) is 17.2. The molecule has 3 aliphatic heterocycles. The van der Waals surface area contributed by atoms with Crippen molar-refractivity contribution in [3.8, 4) is 5.75 Å². The van der Waals surface area contributed by atoms with Crippen LogP contribution in [0.3, 0.4) is 0 Å². The van der Waals surface area contributed by atoms with Crippen LogP contribution in [-0.4, -0.2) is 61.1 Å². The van der Waals surface area contributed by atoms with Crippen molar-refractivity contribution in [2.24, 2.45) is 0 Å². The van der Waals surface area contributed by atoms with Crippen LogP contribution in [0.15, 0.2) is 36.4 Å². The zero-order valence-electron chi connectivity index (χ0n) is 18.3. The van der Waals surface area contributed by atoms with Crippen LogP contribution in [0.25, 0.3) is 0 Å². The second-order valence-electron chi connectivity index (χ2n) is 8.86. The van der Waals surface area contributed by atoms with E-state index in [1.807, 2.05) is 4.90 Å². The maximum Gasteiger partial charge on any atom is 0.255 e. The minimum atomic E-state index is -0.434. The number of carbonyl (C=O) groups is 1. The Morgan fingerprint density at radius 1 is 1.12 bits per heavy atom. The van der Waals surface area contributed by atoms with E-state index in [0.29, 0.717) is 24.5 Å². The molecular formula is C25H30FN3O3. The number of hydrogen-bond acceptors (Lipinski definition) is 5. The van der Waals surface area contributed by atoms with Gasteiger partial charge in [-0.05, 0) is 36.6 Å². The van der Waals surface area contributed by atoms with E-state index >= 15 is 0 Å². The van der Waals surface area contributed by atoms with E-state index in [1.54, 1.807) is 0 Å². The van der Waals surface area contributed by atoms with Crippen molar-refractivity contribution in [1.29, 1.82) is 0 Å². The molecule has 0 aromatic heterocycles. The van der Waals surface area contributed by atoms with Gasteiger partial charge in [0, 0.05) is 43.9 Å². The number of amides is 1. The Hall–Kier alpha value is -2.48. The fraction of sp³-hybridized carbons (Fsp3) is 0.480. The summed E-state index contributed by atoms with van der Waals surface area (Å²) in [6.07, 6.45) is 2.02. The number of nitrogens with zero attached hydrogens (tertiary/aromatic N) is 2. The van der Waals surface area contributed by atoms with Crippen molar-refractivity contribution in [3.63, 3.8) is 0 Å². The van der Waals surface area contributed by atoms with E-state index in [-0.39, 0.29) is 11.9 Å². The molecule has 0 aliphatic carbocycles. The van der Waals surface area contributed by atoms with Gasteiger partial charge < -0.3 is 19.7 Å². The predicted octanol–water partition coefficient (Wildman–Crippen LogP) is 2.94. The quantitative estimate of drug-likeness (QED) is 0.750. The molecule has 7 heteroatoms. The number of morpholine rings is 1. The first kappa shape index (κ1) is 21.4. The molecule has 0 saturated carbocycles. The molecule has 5 rings (SSSR count). The number of rotatable bonds is 6. The number of ether oxygens (including phenoxy) is 2. The second kappa shape index (κ2) is 9.57. The molecule has 0 spiro atoms. The number of carbonyl (C=O) groups excluding carboxylic acids is 1. The molecule has 6 nitrogen and oxygen atoms in total. The molecular weight excluding hydrogens is 409 g/mol. The Morgan fingerprint density at radius 3 is 2.66 bits per heavy atom. The van der Waals surface area contributed by atoms with Crippen molar-refractivity contribution < 1.29 is 18.7 Å². The Bertz CT molecular complexity index is 954. The van der Waals surface area contributed by atoms with Gasteiger partial charge in [-0.3, -0.25) is 9.69 Å². The number of hydrogen-bond donors (Lipinski definition) is 1. The molecule has 1 atom stereocenters. The van der Waals surface area contributed by atoms with Crippen molar-refractivity contribution in [2.75, 3.05) is 39.4 Å². The average Bonchev–Trinajstić information content (AvgIpc) is 3.16. The monoisotopic (exact) mass is 439 g/mol. The third-order valence-electron chi connectivity index (χ3n) is 6.63. The van der Waals surface area contributed by atoms with Crippen LogP contribution in [0.1, 0.15) is 39.9 Å². The van der Waals surface area contributed by atoms with E-state index in [4.69, 9.17) is 9.47 Å². The minimum absolute atomic E-state index is 0.0921. The van der Waals surface area contributed by atoms with Crippen LogP contribution < -0.4 is 10.1 Å². The zero-order valence-corrected chi connectivity index (χ0v) is 18.3. The summed E-state index contributed by atoms with van der Waals surface area (Å²) in [5.74, 6) is -0.0564. The minimum Gasteiger partial charge on any atom is -0.488 e. The van der Waals surface area contributed by atoms with Gasteiger partial charge in [-0.2, -0.15) is 0 Å². The third kappa shape index (κ3) is 4.65. The second-order valence-corrected chi connectivity index (χ2v) is 8.86. The molecule has 1 N–H and O–H groups in total.